The Hall–Kier alpha value is -3.26. The SMILES string of the molecule is N#Cc1c(N)nc2c(c1N)Cc1c(ccc3ccccc13)O2. The molecule has 0 bridgehead atoms. The number of pyridine rings is 1. The monoisotopic (exact) mass is 288 g/mol. The fraction of sp³-hybridized carbons (Fsp3) is 0.0588. The van der Waals surface area contributed by atoms with Crippen molar-refractivity contribution in [3.63, 3.8) is 0 Å². The zero-order valence-corrected chi connectivity index (χ0v) is 11.6. The standard InChI is InChI=1S/C17H12N4O/c18-8-13-15(19)12-7-11-10-4-2-1-3-9(10)5-6-14(11)22-17(12)21-16(13)20/h1-6H,7H2,(H4,19,20,21). The minimum absolute atomic E-state index is 0.1000. The predicted octanol–water partition coefficient (Wildman–Crippen LogP) is 2.97. The number of fused-ring (bicyclic) bond motifs is 4. The van der Waals surface area contributed by atoms with Gasteiger partial charge in [0.15, 0.2) is 0 Å². The topological polar surface area (TPSA) is 98.0 Å². The van der Waals surface area contributed by atoms with Crippen LogP contribution in [-0.4, -0.2) is 4.98 Å². The van der Waals surface area contributed by atoms with E-state index in [1.807, 2.05) is 30.3 Å². The third-order valence-corrected chi connectivity index (χ3v) is 4.00. The van der Waals surface area contributed by atoms with Crippen LogP contribution < -0.4 is 16.2 Å². The van der Waals surface area contributed by atoms with Gasteiger partial charge in [0.1, 0.15) is 23.2 Å². The van der Waals surface area contributed by atoms with E-state index in [4.69, 9.17) is 16.2 Å². The van der Waals surface area contributed by atoms with Crippen LogP contribution in [0.5, 0.6) is 11.6 Å². The minimum Gasteiger partial charge on any atom is -0.438 e. The number of aromatic nitrogens is 1. The van der Waals surface area contributed by atoms with Crippen LogP contribution in [0.15, 0.2) is 36.4 Å². The average Bonchev–Trinajstić information content (AvgIpc) is 2.54. The van der Waals surface area contributed by atoms with Crippen molar-refractivity contribution in [3.8, 4) is 17.7 Å². The molecule has 0 amide bonds. The van der Waals surface area contributed by atoms with Gasteiger partial charge in [-0.25, -0.2) is 0 Å². The molecule has 0 unspecified atom stereocenters. The molecule has 0 fully saturated rings. The van der Waals surface area contributed by atoms with Gasteiger partial charge in [-0.3, -0.25) is 0 Å². The summed E-state index contributed by atoms with van der Waals surface area (Å²) >= 11 is 0. The van der Waals surface area contributed by atoms with Crippen molar-refractivity contribution in [2.45, 2.75) is 6.42 Å². The highest BCUT2D eigenvalue weighted by molar-refractivity contribution is 5.89. The molecule has 1 aromatic heterocycles. The molecule has 2 aromatic carbocycles. The van der Waals surface area contributed by atoms with E-state index < -0.39 is 0 Å². The normalized spacial score (nSPS) is 12.1. The molecule has 0 aliphatic carbocycles. The second-order valence-electron chi connectivity index (χ2n) is 5.22. The van der Waals surface area contributed by atoms with E-state index in [2.05, 4.69) is 17.1 Å². The first-order chi connectivity index (χ1) is 10.7. The second kappa shape index (κ2) is 4.37. The van der Waals surface area contributed by atoms with E-state index >= 15 is 0 Å². The largest absolute Gasteiger partial charge is 0.438 e. The fourth-order valence-electron chi connectivity index (χ4n) is 2.88. The molecule has 3 aromatic rings. The lowest BCUT2D eigenvalue weighted by molar-refractivity contribution is 0.443. The molecule has 106 valence electrons. The van der Waals surface area contributed by atoms with Gasteiger partial charge < -0.3 is 16.2 Å². The van der Waals surface area contributed by atoms with Crippen molar-refractivity contribution in [1.82, 2.24) is 4.98 Å². The van der Waals surface area contributed by atoms with Crippen LogP contribution in [0.25, 0.3) is 10.8 Å². The summed E-state index contributed by atoms with van der Waals surface area (Å²) in [6, 6.07) is 14.0. The van der Waals surface area contributed by atoms with Gasteiger partial charge in [-0.05, 0) is 16.8 Å². The van der Waals surface area contributed by atoms with E-state index in [0.717, 1.165) is 27.6 Å². The maximum Gasteiger partial charge on any atom is 0.226 e. The lowest BCUT2D eigenvalue weighted by Gasteiger charge is -2.23. The number of nitrogens with two attached hydrogens (primary N) is 2. The number of ether oxygens (including phenoxy) is 1. The van der Waals surface area contributed by atoms with Crippen molar-refractivity contribution >= 4 is 22.3 Å². The van der Waals surface area contributed by atoms with Gasteiger partial charge >= 0.3 is 0 Å². The van der Waals surface area contributed by atoms with Crippen molar-refractivity contribution in [1.29, 1.82) is 5.26 Å². The number of nitrogen functional groups attached to an aromatic ring is 2. The molecule has 0 radical (unpaired) electrons. The average molecular weight is 288 g/mol. The smallest absolute Gasteiger partial charge is 0.226 e. The van der Waals surface area contributed by atoms with Crippen LogP contribution in [0.2, 0.25) is 0 Å². The van der Waals surface area contributed by atoms with E-state index in [-0.39, 0.29) is 11.4 Å². The fourth-order valence-corrected chi connectivity index (χ4v) is 2.88. The summed E-state index contributed by atoms with van der Waals surface area (Å²) in [6.45, 7) is 0. The Morgan fingerprint density at radius 3 is 2.73 bits per heavy atom. The Labute approximate surface area is 126 Å². The van der Waals surface area contributed by atoms with E-state index in [0.29, 0.717) is 18.0 Å². The maximum atomic E-state index is 9.18. The van der Waals surface area contributed by atoms with Crippen LogP contribution in [0.3, 0.4) is 0 Å². The first-order valence-corrected chi connectivity index (χ1v) is 6.85. The van der Waals surface area contributed by atoms with Crippen molar-refractivity contribution in [3.05, 3.63) is 53.1 Å². The van der Waals surface area contributed by atoms with Gasteiger partial charge in [0, 0.05) is 17.5 Å². The molecular formula is C17H12N4O. The predicted molar refractivity (Wildman–Crippen MR) is 84.6 cm³/mol. The second-order valence-corrected chi connectivity index (χ2v) is 5.22. The van der Waals surface area contributed by atoms with Gasteiger partial charge in [-0.15, -0.1) is 0 Å². The van der Waals surface area contributed by atoms with E-state index in [1.54, 1.807) is 0 Å². The summed E-state index contributed by atoms with van der Waals surface area (Å²) in [5.41, 5.74) is 14.2. The molecule has 5 nitrogen and oxygen atoms in total. The highest BCUT2D eigenvalue weighted by Gasteiger charge is 2.25. The van der Waals surface area contributed by atoms with Crippen LogP contribution in [0.1, 0.15) is 16.7 Å². The lowest BCUT2D eigenvalue weighted by Crippen LogP contribution is -2.12. The summed E-state index contributed by atoms with van der Waals surface area (Å²) < 4.78 is 5.87. The first kappa shape index (κ1) is 12.5. The van der Waals surface area contributed by atoms with E-state index in [9.17, 15) is 5.26 Å². The first-order valence-electron chi connectivity index (χ1n) is 6.85. The van der Waals surface area contributed by atoms with Gasteiger partial charge in [0.2, 0.25) is 5.88 Å². The number of benzene rings is 2. The molecule has 4 N–H and O–H groups in total. The zero-order chi connectivity index (χ0) is 15.3. The summed E-state index contributed by atoms with van der Waals surface area (Å²) in [7, 11) is 0. The number of hydrogen-bond donors (Lipinski definition) is 2. The quantitative estimate of drug-likeness (QED) is 0.518. The Balaban J connectivity index is 1.97. The summed E-state index contributed by atoms with van der Waals surface area (Å²) in [5.74, 6) is 1.24. The summed E-state index contributed by atoms with van der Waals surface area (Å²) in [4.78, 5) is 4.18. The third-order valence-electron chi connectivity index (χ3n) is 4.00. The van der Waals surface area contributed by atoms with Crippen LogP contribution in [-0.2, 0) is 6.42 Å². The molecule has 1 aliphatic rings. The van der Waals surface area contributed by atoms with Crippen LogP contribution >= 0.6 is 0 Å². The summed E-state index contributed by atoms with van der Waals surface area (Å²) in [6.07, 6.45) is 0.569. The molecule has 22 heavy (non-hydrogen) atoms. The molecule has 2 heterocycles. The van der Waals surface area contributed by atoms with Crippen LogP contribution in [0, 0.1) is 11.3 Å². The van der Waals surface area contributed by atoms with Gasteiger partial charge in [-0.2, -0.15) is 10.2 Å². The number of nitriles is 1. The Morgan fingerprint density at radius 2 is 1.91 bits per heavy atom. The highest BCUT2D eigenvalue weighted by atomic mass is 16.5. The maximum absolute atomic E-state index is 9.18. The molecule has 1 aliphatic heterocycles. The highest BCUT2D eigenvalue weighted by Crippen LogP contribution is 2.42. The summed E-state index contributed by atoms with van der Waals surface area (Å²) in [5, 5.41) is 11.4. The van der Waals surface area contributed by atoms with Gasteiger partial charge in [0.05, 0.1) is 5.69 Å². The van der Waals surface area contributed by atoms with Gasteiger partial charge in [0.25, 0.3) is 0 Å². The van der Waals surface area contributed by atoms with E-state index in [1.165, 1.54) is 0 Å². The van der Waals surface area contributed by atoms with Gasteiger partial charge in [-0.1, -0.05) is 30.3 Å². The number of anilines is 2. The molecule has 0 spiro atoms. The zero-order valence-electron chi connectivity index (χ0n) is 11.6. The molecular weight excluding hydrogens is 276 g/mol. The van der Waals surface area contributed by atoms with Crippen molar-refractivity contribution in [2.24, 2.45) is 0 Å². The molecule has 0 atom stereocenters. The lowest BCUT2D eigenvalue weighted by atomic mass is 9.94. The molecule has 0 saturated heterocycles. The molecule has 0 saturated carbocycles. The Kier molecular flexibility index (Phi) is 2.48. The third kappa shape index (κ3) is 1.61. The Bertz CT molecular complexity index is 973. The number of rotatable bonds is 0. The Morgan fingerprint density at radius 1 is 1.09 bits per heavy atom. The van der Waals surface area contributed by atoms with Crippen molar-refractivity contribution < 1.29 is 4.74 Å². The molecule has 5 heteroatoms. The van der Waals surface area contributed by atoms with Crippen molar-refractivity contribution in [2.75, 3.05) is 11.5 Å². The molecule has 4 rings (SSSR count). The minimum atomic E-state index is 0.1000. The number of nitrogens with zero attached hydrogens (tertiary/aromatic N) is 2. The van der Waals surface area contributed by atoms with Crippen LogP contribution in [0.4, 0.5) is 11.5 Å². The number of hydrogen-bond acceptors (Lipinski definition) is 5.